The summed E-state index contributed by atoms with van der Waals surface area (Å²) in [7, 11) is 0. The second-order valence-corrected chi connectivity index (χ2v) is 3.60. The first-order valence-electron chi connectivity index (χ1n) is 4.13. The monoisotopic (exact) mass is 267 g/mol. The first-order chi connectivity index (χ1) is 6.54. The molecule has 1 aromatic rings. The molecule has 0 saturated carbocycles. The molecule has 0 N–H and O–H groups in total. The van der Waals surface area contributed by atoms with E-state index >= 15 is 0 Å². The average molecular weight is 268 g/mol. The van der Waals surface area contributed by atoms with Crippen molar-refractivity contribution in [3.8, 4) is 0 Å². The quantitative estimate of drug-likeness (QED) is 0.765. The Morgan fingerprint density at radius 2 is 2.00 bits per heavy atom. The second kappa shape index (κ2) is 4.77. The molecule has 1 aromatic heterocycles. The Morgan fingerprint density at radius 1 is 1.29 bits per heavy atom. The maximum absolute atomic E-state index is 12.2. The predicted molar refractivity (Wildman–Crippen MR) is 51.4 cm³/mol. The fourth-order valence-corrected chi connectivity index (χ4v) is 1.30. The van der Waals surface area contributed by atoms with Gasteiger partial charge in [0, 0.05) is 11.0 Å². The molecule has 0 fully saturated rings. The molecular formula is C9H9BrF3N. The van der Waals surface area contributed by atoms with Gasteiger partial charge in [-0.1, -0.05) is 22.0 Å². The maximum Gasteiger partial charge on any atom is 0.433 e. The lowest BCUT2D eigenvalue weighted by molar-refractivity contribution is -0.141. The number of hydrogen-bond acceptors (Lipinski definition) is 1. The van der Waals surface area contributed by atoms with Crippen LogP contribution in [0.3, 0.4) is 0 Å². The summed E-state index contributed by atoms with van der Waals surface area (Å²) in [6, 6.07) is 3.98. The average Bonchev–Trinajstić information content (AvgIpc) is 2.14. The highest BCUT2D eigenvalue weighted by Crippen LogP contribution is 2.27. The number of aromatic nitrogens is 1. The smallest absolute Gasteiger partial charge is 0.248 e. The Balaban J connectivity index is 2.79. The lowest BCUT2D eigenvalue weighted by Crippen LogP contribution is -2.09. The number of alkyl halides is 4. The van der Waals surface area contributed by atoms with Gasteiger partial charge in [-0.25, -0.2) is 4.98 Å². The molecule has 0 radical (unpaired) electrons. The van der Waals surface area contributed by atoms with Crippen LogP contribution in [-0.4, -0.2) is 10.3 Å². The summed E-state index contributed by atoms with van der Waals surface area (Å²) in [5.74, 6) is 0. The molecule has 0 bridgehead atoms. The molecule has 1 nitrogen and oxygen atoms in total. The number of halogens is 4. The zero-order valence-electron chi connectivity index (χ0n) is 7.31. The van der Waals surface area contributed by atoms with Crippen LogP contribution in [0.15, 0.2) is 18.2 Å². The Hall–Kier alpha value is -0.580. The minimum absolute atomic E-state index is 0.485. The third kappa shape index (κ3) is 3.29. The van der Waals surface area contributed by atoms with Crippen LogP contribution >= 0.6 is 15.9 Å². The largest absolute Gasteiger partial charge is 0.433 e. The van der Waals surface area contributed by atoms with Crippen LogP contribution in [-0.2, 0) is 12.6 Å². The van der Waals surface area contributed by atoms with E-state index in [9.17, 15) is 13.2 Å². The Labute approximate surface area is 88.5 Å². The van der Waals surface area contributed by atoms with E-state index in [1.54, 1.807) is 6.07 Å². The number of hydrogen-bond donors (Lipinski definition) is 0. The third-order valence-electron chi connectivity index (χ3n) is 1.66. The van der Waals surface area contributed by atoms with Crippen LogP contribution < -0.4 is 0 Å². The molecule has 0 amide bonds. The van der Waals surface area contributed by atoms with E-state index in [4.69, 9.17) is 0 Å². The van der Waals surface area contributed by atoms with Crippen molar-refractivity contribution in [2.45, 2.75) is 19.0 Å². The summed E-state index contributed by atoms with van der Waals surface area (Å²) in [5.41, 5.74) is -0.330. The van der Waals surface area contributed by atoms with Gasteiger partial charge in [-0.05, 0) is 25.0 Å². The van der Waals surface area contributed by atoms with Gasteiger partial charge >= 0.3 is 6.18 Å². The van der Waals surface area contributed by atoms with Gasteiger partial charge in [-0.2, -0.15) is 13.2 Å². The van der Waals surface area contributed by atoms with Gasteiger partial charge in [0.2, 0.25) is 0 Å². The van der Waals surface area contributed by atoms with E-state index in [1.165, 1.54) is 6.07 Å². The number of aryl methyl sites for hydroxylation is 1. The van der Waals surface area contributed by atoms with Crippen LogP contribution in [0, 0.1) is 0 Å². The van der Waals surface area contributed by atoms with Crippen molar-refractivity contribution >= 4 is 15.9 Å². The van der Waals surface area contributed by atoms with Crippen LogP contribution in [0.25, 0.3) is 0 Å². The zero-order valence-corrected chi connectivity index (χ0v) is 8.90. The van der Waals surface area contributed by atoms with E-state index < -0.39 is 11.9 Å². The number of rotatable bonds is 3. The van der Waals surface area contributed by atoms with Crippen molar-refractivity contribution in [3.63, 3.8) is 0 Å². The van der Waals surface area contributed by atoms with E-state index in [1.807, 2.05) is 0 Å². The molecule has 0 aliphatic heterocycles. The first-order valence-corrected chi connectivity index (χ1v) is 5.25. The summed E-state index contributed by atoms with van der Waals surface area (Å²) < 4.78 is 36.7. The van der Waals surface area contributed by atoms with Crippen molar-refractivity contribution in [1.29, 1.82) is 0 Å². The molecule has 0 atom stereocenters. The number of nitrogens with zero attached hydrogens (tertiary/aromatic N) is 1. The van der Waals surface area contributed by atoms with E-state index in [2.05, 4.69) is 20.9 Å². The van der Waals surface area contributed by atoms with Gasteiger partial charge in [0.25, 0.3) is 0 Å². The van der Waals surface area contributed by atoms with E-state index in [-0.39, 0.29) is 0 Å². The molecular weight excluding hydrogens is 259 g/mol. The van der Waals surface area contributed by atoms with Gasteiger partial charge in [0.05, 0.1) is 0 Å². The van der Waals surface area contributed by atoms with Gasteiger partial charge in [-0.15, -0.1) is 0 Å². The molecule has 5 heteroatoms. The first kappa shape index (κ1) is 11.5. The van der Waals surface area contributed by atoms with Gasteiger partial charge < -0.3 is 0 Å². The summed E-state index contributed by atoms with van der Waals surface area (Å²) >= 11 is 3.21. The molecule has 0 saturated heterocycles. The predicted octanol–water partition coefficient (Wildman–Crippen LogP) is 3.43. The van der Waals surface area contributed by atoms with E-state index in [0.717, 1.165) is 17.8 Å². The van der Waals surface area contributed by atoms with Crippen molar-refractivity contribution in [2.75, 3.05) is 5.33 Å². The highest BCUT2D eigenvalue weighted by atomic mass is 79.9. The van der Waals surface area contributed by atoms with Crippen LogP contribution in [0.4, 0.5) is 13.2 Å². The molecule has 14 heavy (non-hydrogen) atoms. The Bertz CT molecular complexity index is 298. The fraction of sp³-hybridized carbons (Fsp3) is 0.444. The Morgan fingerprint density at radius 3 is 2.57 bits per heavy atom. The molecule has 1 heterocycles. The second-order valence-electron chi connectivity index (χ2n) is 2.80. The van der Waals surface area contributed by atoms with Crippen molar-refractivity contribution in [1.82, 2.24) is 4.98 Å². The Kier molecular flexibility index (Phi) is 3.92. The molecule has 78 valence electrons. The van der Waals surface area contributed by atoms with Crippen LogP contribution in [0.2, 0.25) is 0 Å². The highest BCUT2D eigenvalue weighted by Gasteiger charge is 2.32. The molecule has 0 spiro atoms. The molecule has 0 aliphatic rings. The van der Waals surface area contributed by atoms with E-state index in [0.29, 0.717) is 12.1 Å². The highest BCUT2D eigenvalue weighted by molar-refractivity contribution is 9.09. The lowest BCUT2D eigenvalue weighted by atomic mass is 10.2. The fourth-order valence-electron chi connectivity index (χ4n) is 1.02. The standard InChI is InChI=1S/C9H9BrF3N/c10-6-2-4-7-3-1-5-8(14-7)9(11,12)13/h1,3,5H,2,4,6H2. The molecule has 0 unspecified atom stereocenters. The minimum atomic E-state index is -4.34. The topological polar surface area (TPSA) is 12.9 Å². The van der Waals surface area contributed by atoms with Crippen molar-refractivity contribution in [2.24, 2.45) is 0 Å². The lowest BCUT2D eigenvalue weighted by Gasteiger charge is -2.06. The summed E-state index contributed by atoms with van der Waals surface area (Å²) in [5, 5.41) is 0.769. The minimum Gasteiger partial charge on any atom is -0.248 e. The zero-order chi connectivity index (χ0) is 10.6. The molecule has 0 aromatic carbocycles. The normalized spacial score (nSPS) is 11.7. The van der Waals surface area contributed by atoms with Crippen molar-refractivity contribution in [3.05, 3.63) is 29.6 Å². The maximum atomic E-state index is 12.2. The van der Waals surface area contributed by atoms with Gasteiger partial charge in [0.1, 0.15) is 5.69 Å². The third-order valence-corrected chi connectivity index (χ3v) is 2.22. The van der Waals surface area contributed by atoms with Crippen molar-refractivity contribution < 1.29 is 13.2 Å². The number of pyridine rings is 1. The molecule has 0 aliphatic carbocycles. The van der Waals surface area contributed by atoms with Crippen LogP contribution in [0.5, 0.6) is 0 Å². The summed E-state index contributed by atoms with van der Waals surface area (Å²) in [4.78, 5) is 3.54. The van der Waals surface area contributed by atoms with Gasteiger partial charge in [-0.3, -0.25) is 0 Å². The van der Waals surface area contributed by atoms with Gasteiger partial charge in [0.15, 0.2) is 0 Å². The molecule has 1 rings (SSSR count). The summed E-state index contributed by atoms with van der Waals surface area (Å²) in [6.45, 7) is 0. The van der Waals surface area contributed by atoms with Crippen LogP contribution in [0.1, 0.15) is 17.8 Å². The SMILES string of the molecule is FC(F)(F)c1cccc(CCCBr)n1. The summed E-state index contributed by atoms with van der Waals surface area (Å²) in [6.07, 6.45) is -2.99.